The number of hydrogen-bond donors (Lipinski definition) is 2. The van der Waals surface area contributed by atoms with E-state index in [2.05, 4.69) is 15.7 Å². The van der Waals surface area contributed by atoms with Crippen molar-refractivity contribution in [3.63, 3.8) is 0 Å². The number of anilines is 1. The smallest absolute Gasteiger partial charge is 0.319 e. The second-order valence-corrected chi connectivity index (χ2v) is 6.62. The third-order valence-electron chi connectivity index (χ3n) is 4.78. The van der Waals surface area contributed by atoms with Gasteiger partial charge in [0.15, 0.2) is 0 Å². The summed E-state index contributed by atoms with van der Waals surface area (Å²) >= 11 is 0. The Kier molecular flexibility index (Phi) is 3.98. The van der Waals surface area contributed by atoms with Crippen LogP contribution in [0.15, 0.2) is 36.7 Å². The monoisotopic (exact) mass is 326 g/mol. The highest BCUT2D eigenvalue weighted by molar-refractivity contribution is 5.90. The van der Waals surface area contributed by atoms with Crippen molar-refractivity contribution in [2.75, 3.05) is 11.9 Å². The first-order chi connectivity index (χ1) is 11.7. The van der Waals surface area contributed by atoms with Crippen LogP contribution in [0.1, 0.15) is 24.8 Å². The number of benzene rings is 1. The van der Waals surface area contributed by atoms with Crippen molar-refractivity contribution in [2.24, 2.45) is 5.92 Å². The largest absolute Gasteiger partial charge is 0.376 e. The standard InChI is InChI=1S/C18H22N4O2/c1-12-3-6-14(22-9-2-8-19-22)11-16(12)21-18(23)20-15-7-10-24-17(15)13-4-5-13/h2-3,6,8-9,11,13,15,17H,4-5,7,10H2,1H3,(H2,20,21,23)/t15-,17-/m1/s1. The minimum Gasteiger partial charge on any atom is -0.376 e. The zero-order valence-electron chi connectivity index (χ0n) is 13.7. The Balaban J connectivity index is 1.44. The Morgan fingerprint density at radius 3 is 2.96 bits per heavy atom. The number of ether oxygens (including phenoxy) is 1. The van der Waals surface area contributed by atoms with E-state index in [-0.39, 0.29) is 18.2 Å². The van der Waals surface area contributed by atoms with Gasteiger partial charge in [0.1, 0.15) is 0 Å². The van der Waals surface area contributed by atoms with Crippen LogP contribution in [0.4, 0.5) is 10.5 Å². The lowest BCUT2D eigenvalue weighted by Gasteiger charge is -2.20. The molecule has 6 heteroatoms. The fraction of sp³-hybridized carbons (Fsp3) is 0.444. The molecule has 126 valence electrons. The molecule has 4 rings (SSSR count). The molecule has 2 amide bonds. The van der Waals surface area contributed by atoms with Gasteiger partial charge >= 0.3 is 6.03 Å². The maximum Gasteiger partial charge on any atom is 0.319 e. The summed E-state index contributed by atoms with van der Waals surface area (Å²) in [5.41, 5.74) is 2.73. The summed E-state index contributed by atoms with van der Waals surface area (Å²) in [6, 6.07) is 7.73. The lowest BCUT2D eigenvalue weighted by Crippen LogP contribution is -2.43. The maximum absolute atomic E-state index is 12.4. The average molecular weight is 326 g/mol. The molecule has 2 atom stereocenters. The lowest BCUT2D eigenvalue weighted by molar-refractivity contribution is 0.0829. The second kappa shape index (κ2) is 6.28. The number of amides is 2. The van der Waals surface area contributed by atoms with E-state index in [4.69, 9.17) is 4.74 Å². The Bertz CT molecular complexity index is 725. The zero-order valence-corrected chi connectivity index (χ0v) is 13.7. The van der Waals surface area contributed by atoms with Gasteiger partial charge in [0, 0.05) is 24.7 Å². The molecule has 6 nitrogen and oxygen atoms in total. The number of rotatable bonds is 4. The van der Waals surface area contributed by atoms with E-state index in [9.17, 15) is 4.79 Å². The fourth-order valence-electron chi connectivity index (χ4n) is 3.29. The highest BCUT2D eigenvalue weighted by Crippen LogP contribution is 2.38. The van der Waals surface area contributed by atoms with E-state index in [1.54, 1.807) is 10.9 Å². The van der Waals surface area contributed by atoms with Crippen LogP contribution in [0, 0.1) is 12.8 Å². The Hall–Kier alpha value is -2.34. The first kappa shape index (κ1) is 15.2. The molecule has 2 heterocycles. The molecule has 1 saturated carbocycles. The van der Waals surface area contributed by atoms with Gasteiger partial charge in [-0.25, -0.2) is 9.48 Å². The minimum atomic E-state index is -0.170. The third-order valence-corrected chi connectivity index (χ3v) is 4.78. The van der Waals surface area contributed by atoms with Gasteiger partial charge in [0.05, 0.1) is 17.8 Å². The maximum atomic E-state index is 12.4. The molecule has 0 unspecified atom stereocenters. The van der Waals surface area contributed by atoms with Crippen molar-refractivity contribution >= 4 is 11.7 Å². The van der Waals surface area contributed by atoms with E-state index in [1.807, 2.05) is 37.4 Å². The van der Waals surface area contributed by atoms with Crippen molar-refractivity contribution in [2.45, 2.75) is 38.3 Å². The van der Waals surface area contributed by atoms with Crippen molar-refractivity contribution in [3.05, 3.63) is 42.2 Å². The summed E-state index contributed by atoms with van der Waals surface area (Å²) < 4.78 is 7.55. The van der Waals surface area contributed by atoms with Crippen LogP contribution in [-0.4, -0.2) is 34.6 Å². The molecule has 1 saturated heterocycles. The van der Waals surface area contributed by atoms with E-state index >= 15 is 0 Å². The summed E-state index contributed by atoms with van der Waals surface area (Å²) in [6.45, 7) is 2.72. The van der Waals surface area contributed by atoms with Gasteiger partial charge in [-0.05, 0) is 55.9 Å². The number of urea groups is 1. The molecule has 1 aliphatic carbocycles. The highest BCUT2D eigenvalue weighted by Gasteiger charge is 2.41. The molecule has 1 aliphatic heterocycles. The quantitative estimate of drug-likeness (QED) is 0.908. The summed E-state index contributed by atoms with van der Waals surface area (Å²) in [7, 11) is 0. The molecule has 2 aromatic rings. The van der Waals surface area contributed by atoms with E-state index < -0.39 is 0 Å². The van der Waals surface area contributed by atoms with Gasteiger partial charge in [0.25, 0.3) is 0 Å². The van der Waals surface area contributed by atoms with Crippen LogP contribution in [0.25, 0.3) is 5.69 Å². The zero-order chi connectivity index (χ0) is 16.5. The first-order valence-corrected chi connectivity index (χ1v) is 8.50. The average Bonchev–Trinajstić information content (AvgIpc) is 3.08. The number of nitrogens with zero attached hydrogens (tertiary/aromatic N) is 2. The molecule has 0 bridgehead atoms. The fourth-order valence-corrected chi connectivity index (χ4v) is 3.29. The van der Waals surface area contributed by atoms with Gasteiger partial charge < -0.3 is 15.4 Å². The lowest BCUT2D eigenvalue weighted by atomic mass is 10.1. The van der Waals surface area contributed by atoms with Crippen molar-refractivity contribution < 1.29 is 9.53 Å². The summed E-state index contributed by atoms with van der Waals surface area (Å²) in [5.74, 6) is 0.627. The molecule has 0 radical (unpaired) electrons. The van der Waals surface area contributed by atoms with E-state index in [0.717, 1.165) is 30.0 Å². The van der Waals surface area contributed by atoms with Crippen molar-refractivity contribution in [1.82, 2.24) is 15.1 Å². The van der Waals surface area contributed by atoms with Gasteiger partial charge in [-0.1, -0.05) is 6.07 Å². The van der Waals surface area contributed by atoms with Gasteiger partial charge in [0.2, 0.25) is 0 Å². The van der Waals surface area contributed by atoms with Gasteiger partial charge in [-0.2, -0.15) is 5.10 Å². The Morgan fingerprint density at radius 1 is 1.33 bits per heavy atom. The molecular weight excluding hydrogens is 304 g/mol. The molecule has 2 fully saturated rings. The van der Waals surface area contributed by atoms with Crippen LogP contribution in [-0.2, 0) is 4.74 Å². The topological polar surface area (TPSA) is 68.2 Å². The summed E-state index contributed by atoms with van der Waals surface area (Å²) in [5, 5.41) is 10.3. The minimum absolute atomic E-state index is 0.118. The van der Waals surface area contributed by atoms with E-state index in [1.165, 1.54) is 12.8 Å². The van der Waals surface area contributed by atoms with Crippen LogP contribution in [0.3, 0.4) is 0 Å². The van der Waals surface area contributed by atoms with Gasteiger partial charge in [-0.3, -0.25) is 0 Å². The summed E-state index contributed by atoms with van der Waals surface area (Å²) in [6.07, 6.45) is 7.13. The molecule has 2 aliphatic rings. The number of nitrogens with one attached hydrogen (secondary N) is 2. The number of carbonyl (C=O) groups is 1. The van der Waals surface area contributed by atoms with Crippen LogP contribution >= 0.6 is 0 Å². The normalized spacial score (nSPS) is 23.2. The molecule has 0 spiro atoms. The predicted molar refractivity (Wildman–Crippen MR) is 91.3 cm³/mol. The molecule has 2 N–H and O–H groups in total. The van der Waals surface area contributed by atoms with Crippen molar-refractivity contribution in [3.8, 4) is 5.69 Å². The molecule has 1 aromatic heterocycles. The van der Waals surface area contributed by atoms with Crippen LogP contribution in [0.2, 0.25) is 0 Å². The van der Waals surface area contributed by atoms with Gasteiger partial charge in [-0.15, -0.1) is 0 Å². The predicted octanol–water partition coefficient (Wildman–Crippen LogP) is 2.87. The highest BCUT2D eigenvalue weighted by atomic mass is 16.5. The second-order valence-electron chi connectivity index (χ2n) is 6.62. The first-order valence-electron chi connectivity index (χ1n) is 8.50. The van der Waals surface area contributed by atoms with Crippen LogP contribution in [0.5, 0.6) is 0 Å². The molecular formula is C18H22N4O2. The van der Waals surface area contributed by atoms with Crippen molar-refractivity contribution in [1.29, 1.82) is 0 Å². The third kappa shape index (κ3) is 3.14. The Labute approximate surface area is 141 Å². The van der Waals surface area contributed by atoms with E-state index in [0.29, 0.717) is 5.92 Å². The van der Waals surface area contributed by atoms with Crippen LogP contribution < -0.4 is 10.6 Å². The Morgan fingerprint density at radius 2 is 2.21 bits per heavy atom. The number of hydrogen-bond acceptors (Lipinski definition) is 3. The number of carbonyl (C=O) groups excluding carboxylic acids is 1. The molecule has 24 heavy (non-hydrogen) atoms. The molecule has 1 aromatic carbocycles. The SMILES string of the molecule is Cc1ccc(-n2cccn2)cc1NC(=O)N[C@@H]1CCO[C@@H]1C1CC1. The number of aromatic nitrogens is 2. The summed E-state index contributed by atoms with van der Waals surface area (Å²) in [4.78, 5) is 12.4. The number of aryl methyl sites for hydroxylation is 1.